The number of alkyl halides is 2. The molecule has 1 aliphatic carbocycles. The van der Waals surface area contributed by atoms with E-state index in [2.05, 4.69) is 10.4 Å². The van der Waals surface area contributed by atoms with Crippen molar-refractivity contribution in [3.63, 3.8) is 0 Å². The summed E-state index contributed by atoms with van der Waals surface area (Å²) in [7, 11) is 0. The van der Waals surface area contributed by atoms with Crippen LogP contribution in [-0.4, -0.2) is 22.2 Å². The van der Waals surface area contributed by atoms with Gasteiger partial charge >= 0.3 is 0 Å². The Hall–Kier alpha value is -0.680. The zero-order chi connectivity index (χ0) is 15.6. The van der Waals surface area contributed by atoms with E-state index < -0.39 is 5.92 Å². The molecule has 1 saturated carbocycles. The molecule has 1 unspecified atom stereocenters. The monoisotopic (exact) mass is 319 g/mol. The van der Waals surface area contributed by atoms with Crippen LogP contribution in [-0.2, 0) is 0 Å². The molecule has 0 bridgehead atoms. The van der Waals surface area contributed by atoms with Gasteiger partial charge in [0.25, 0.3) is 0 Å². The van der Waals surface area contributed by atoms with Gasteiger partial charge in [-0.1, -0.05) is 18.5 Å². The van der Waals surface area contributed by atoms with E-state index in [-0.39, 0.29) is 30.8 Å². The Morgan fingerprint density at radius 1 is 1.43 bits per heavy atom. The van der Waals surface area contributed by atoms with Crippen LogP contribution < -0.4 is 5.32 Å². The SMILES string of the molecule is CCNC(c1c(Cl)cnn1C(C)C)C1CCC(F)(F)CC1. The second kappa shape index (κ2) is 6.61. The van der Waals surface area contributed by atoms with Gasteiger partial charge < -0.3 is 5.32 Å². The van der Waals surface area contributed by atoms with Crippen molar-refractivity contribution in [3.8, 4) is 0 Å². The molecule has 2 rings (SSSR count). The predicted molar refractivity (Wildman–Crippen MR) is 80.9 cm³/mol. The average Bonchev–Trinajstić information content (AvgIpc) is 2.78. The molecule has 120 valence electrons. The lowest BCUT2D eigenvalue weighted by Crippen LogP contribution is -2.35. The van der Waals surface area contributed by atoms with Crippen LogP contribution in [0.4, 0.5) is 8.78 Å². The molecule has 1 atom stereocenters. The van der Waals surface area contributed by atoms with Crippen LogP contribution in [0.2, 0.25) is 5.02 Å². The molecule has 0 saturated heterocycles. The number of hydrogen-bond acceptors (Lipinski definition) is 2. The Bertz CT molecular complexity index is 463. The van der Waals surface area contributed by atoms with Crippen molar-refractivity contribution < 1.29 is 8.78 Å². The van der Waals surface area contributed by atoms with Gasteiger partial charge in [0.15, 0.2) is 0 Å². The van der Waals surface area contributed by atoms with Gasteiger partial charge in [0.1, 0.15) is 0 Å². The number of nitrogens with zero attached hydrogens (tertiary/aromatic N) is 2. The molecular weight excluding hydrogens is 296 g/mol. The molecule has 1 N–H and O–H groups in total. The van der Waals surface area contributed by atoms with Crippen LogP contribution in [0.1, 0.15) is 64.2 Å². The molecule has 1 aliphatic rings. The van der Waals surface area contributed by atoms with E-state index in [1.807, 2.05) is 25.5 Å². The molecule has 3 nitrogen and oxygen atoms in total. The minimum absolute atomic E-state index is 0.0106. The highest BCUT2D eigenvalue weighted by Gasteiger charge is 2.39. The van der Waals surface area contributed by atoms with Gasteiger partial charge in [-0.3, -0.25) is 4.68 Å². The second-order valence-electron chi connectivity index (χ2n) is 6.14. The lowest BCUT2D eigenvalue weighted by Gasteiger charge is -2.35. The minimum atomic E-state index is -2.50. The molecule has 0 aromatic carbocycles. The predicted octanol–water partition coefficient (Wildman–Crippen LogP) is 4.59. The highest BCUT2D eigenvalue weighted by molar-refractivity contribution is 6.31. The lowest BCUT2D eigenvalue weighted by molar-refractivity contribution is -0.0500. The zero-order valence-corrected chi connectivity index (χ0v) is 13.6. The highest BCUT2D eigenvalue weighted by atomic mass is 35.5. The fourth-order valence-corrected chi connectivity index (χ4v) is 3.40. The van der Waals surface area contributed by atoms with E-state index >= 15 is 0 Å². The summed E-state index contributed by atoms with van der Waals surface area (Å²) >= 11 is 6.32. The van der Waals surface area contributed by atoms with E-state index in [0.29, 0.717) is 17.9 Å². The third-order valence-electron chi connectivity index (χ3n) is 4.23. The quantitative estimate of drug-likeness (QED) is 0.860. The number of rotatable bonds is 5. The van der Waals surface area contributed by atoms with Crippen LogP contribution in [0.15, 0.2) is 6.20 Å². The van der Waals surface area contributed by atoms with Crippen molar-refractivity contribution in [3.05, 3.63) is 16.9 Å². The topological polar surface area (TPSA) is 29.9 Å². The summed E-state index contributed by atoms with van der Waals surface area (Å²) in [6.45, 7) is 6.89. The molecular formula is C15H24ClF2N3. The van der Waals surface area contributed by atoms with Crippen LogP contribution >= 0.6 is 11.6 Å². The van der Waals surface area contributed by atoms with Crippen LogP contribution in [0, 0.1) is 5.92 Å². The fourth-order valence-electron chi connectivity index (χ4n) is 3.16. The minimum Gasteiger partial charge on any atom is -0.309 e. The summed E-state index contributed by atoms with van der Waals surface area (Å²) in [6, 6.07) is 0.183. The first-order chi connectivity index (χ1) is 9.85. The third-order valence-corrected chi connectivity index (χ3v) is 4.52. The Labute approximate surface area is 130 Å². The van der Waals surface area contributed by atoms with Gasteiger partial charge in [-0.2, -0.15) is 5.10 Å². The van der Waals surface area contributed by atoms with Gasteiger partial charge in [-0.05, 0) is 39.2 Å². The first-order valence-electron chi connectivity index (χ1n) is 7.70. The largest absolute Gasteiger partial charge is 0.309 e. The fraction of sp³-hybridized carbons (Fsp3) is 0.800. The van der Waals surface area contributed by atoms with E-state index in [1.54, 1.807) is 6.20 Å². The third kappa shape index (κ3) is 3.75. The molecule has 0 radical (unpaired) electrons. The average molecular weight is 320 g/mol. The number of halogens is 3. The number of aromatic nitrogens is 2. The Morgan fingerprint density at radius 3 is 2.57 bits per heavy atom. The molecule has 1 fully saturated rings. The molecule has 0 aliphatic heterocycles. The Kier molecular flexibility index (Phi) is 5.25. The standard InChI is InChI=1S/C15H24ClF2N3/c1-4-19-13(11-5-7-15(17,18)8-6-11)14-12(16)9-20-21(14)10(2)3/h9-11,13,19H,4-8H2,1-3H3. The van der Waals surface area contributed by atoms with E-state index in [4.69, 9.17) is 11.6 Å². The number of nitrogens with one attached hydrogen (secondary N) is 1. The van der Waals surface area contributed by atoms with Gasteiger partial charge in [0.2, 0.25) is 5.92 Å². The van der Waals surface area contributed by atoms with Gasteiger partial charge in [-0.25, -0.2) is 8.78 Å². The maximum absolute atomic E-state index is 13.4. The van der Waals surface area contributed by atoms with Gasteiger partial charge in [0.05, 0.1) is 23.0 Å². The van der Waals surface area contributed by atoms with Crippen molar-refractivity contribution in [2.45, 2.75) is 64.5 Å². The summed E-state index contributed by atoms with van der Waals surface area (Å²) in [5.74, 6) is -2.33. The molecule has 1 heterocycles. The summed E-state index contributed by atoms with van der Waals surface area (Å²) in [5.41, 5.74) is 0.934. The molecule has 21 heavy (non-hydrogen) atoms. The maximum Gasteiger partial charge on any atom is 0.248 e. The lowest BCUT2D eigenvalue weighted by atomic mass is 9.80. The van der Waals surface area contributed by atoms with Crippen LogP contribution in [0.5, 0.6) is 0 Å². The van der Waals surface area contributed by atoms with E-state index in [1.165, 1.54) is 0 Å². The van der Waals surface area contributed by atoms with E-state index in [9.17, 15) is 8.78 Å². The van der Waals surface area contributed by atoms with Crippen molar-refractivity contribution >= 4 is 11.6 Å². The first kappa shape index (κ1) is 16.7. The summed E-state index contributed by atoms with van der Waals surface area (Å²) < 4.78 is 28.7. The molecule has 0 spiro atoms. The molecule has 0 amide bonds. The second-order valence-corrected chi connectivity index (χ2v) is 6.55. The smallest absolute Gasteiger partial charge is 0.248 e. The highest BCUT2D eigenvalue weighted by Crippen LogP contribution is 2.42. The summed E-state index contributed by atoms with van der Waals surface area (Å²) in [5, 5.41) is 8.38. The van der Waals surface area contributed by atoms with Crippen LogP contribution in [0.25, 0.3) is 0 Å². The van der Waals surface area contributed by atoms with Gasteiger partial charge in [0, 0.05) is 18.9 Å². The first-order valence-corrected chi connectivity index (χ1v) is 8.07. The zero-order valence-electron chi connectivity index (χ0n) is 12.9. The molecule has 6 heteroatoms. The van der Waals surface area contributed by atoms with Crippen molar-refractivity contribution in [2.24, 2.45) is 5.92 Å². The van der Waals surface area contributed by atoms with Crippen molar-refractivity contribution in [1.29, 1.82) is 0 Å². The van der Waals surface area contributed by atoms with Crippen molar-refractivity contribution in [2.75, 3.05) is 6.54 Å². The van der Waals surface area contributed by atoms with Crippen LogP contribution in [0.3, 0.4) is 0 Å². The summed E-state index contributed by atoms with van der Waals surface area (Å²) in [6.07, 6.45) is 2.62. The summed E-state index contributed by atoms with van der Waals surface area (Å²) in [4.78, 5) is 0. The Morgan fingerprint density at radius 2 is 2.05 bits per heavy atom. The normalized spacial score (nSPS) is 20.9. The number of hydrogen-bond donors (Lipinski definition) is 1. The molecule has 1 aromatic rings. The maximum atomic E-state index is 13.4. The van der Waals surface area contributed by atoms with Gasteiger partial charge in [-0.15, -0.1) is 0 Å². The van der Waals surface area contributed by atoms with Crippen molar-refractivity contribution in [1.82, 2.24) is 15.1 Å². The molecule has 1 aromatic heterocycles. The van der Waals surface area contributed by atoms with E-state index in [0.717, 1.165) is 12.2 Å². The Balaban J connectivity index is 2.25.